The molecule has 0 aliphatic carbocycles. The van der Waals surface area contributed by atoms with E-state index >= 15 is 0 Å². The molecular formula is C24H23Cl2N3O5S2. The molecule has 1 amide bonds. The molecule has 1 heterocycles. The lowest BCUT2D eigenvalue weighted by atomic mass is 10.2. The highest BCUT2D eigenvalue weighted by molar-refractivity contribution is 7.89. The van der Waals surface area contributed by atoms with Gasteiger partial charge in [0.15, 0.2) is 4.80 Å². The minimum Gasteiger partial charge on any atom is -0.465 e. The Balaban J connectivity index is 2.02. The maximum atomic E-state index is 13.0. The Hall–Kier alpha value is -2.76. The number of ether oxygens (including phenoxy) is 1. The predicted molar refractivity (Wildman–Crippen MR) is 142 cm³/mol. The predicted octanol–water partition coefficient (Wildman–Crippen LogP) is 4.68. The SMILES string of the molecule is C=CCN(CC=C)S(=O)(=O)c1ccc(C(=O)N=c2sc3cc(Cl)cc(Cl)c3n2CC(=O)OCC)cc1. The first-order valence-corrected chi connectivity index (χ1v) is 13.7. The number of fused-ring (bicyclic) bond motifs is 1. The normalized spacial score (nSPS) is 12.2. The average molecular weight is 569 g/mol. The Bertz CT molecular complexity index is 1480. The van der Waals surface area contributed by atoms with E-state index in [4.69, 9.17) is 27.9 Å². The summed E-state index contributed by atoms with van der Waals surface area (Å²) in [5, 5.41) is 0.693. The van der Waals surface area contributed by atoms with Gasteiger partial charge in [-0.2, -0.15) is 9.30 Å². The van der Waals surface area contributed by atoms with Crippen LogP contribution in [0, 0.1) is 0 Å². The summed E-state index contributed by atoms with van der Waals surface area (Å²) in [6.07, 6.45) is 2.96. The second-order valence-corrected chi connectivity index (χ2v) is 11.1. The van der Waals surface area contributed by atoms with Crippen molar-refractivity contribution in [3.63, 3.8) is 0 Å². The van der Waals surface area contributed by atoms with Gasteiger partial charge < -0.3 is 9.30 Å². The van der Waals surface area contributed by atoms with Crippen molar-refractivity contribution in [2.45, 2.75) is 18.4 Å². The third-order valence-electron chi connectivity index (χ3n) is 4.89. The zero-order valence-corrected chi connectivity index (χ0v) is 22.5. The van der Waals surface area contributed by atoms with Gasteiger partial charge in [0.2, 0.25) is 10.0 Å². The zero-order chi connectivity index (χ0) is 26.5. The number of thiazole rings is 1. The fraction of sp³-hybridized carbons (Fsp3) is 0.208. The van der Waals surface area contributed by atoms with E-state index in [0.29, 0.717) is 20.3 Å². The monoisotopic (exact) mass is 567 g/mol. The van der Waals surface area contributed by atoms with E-state index in [9.17, 15) is 18.0 Å². The Morgan fingerprint density at radius 3 is 2.36 bits per heavy atom. The van der Waals surface area contributed by atoms with Crippen LogP contribution in [0.1, 0.15) is 17.3 Å². The highest BCUT2D eigenvalue weighted by Crippen LogP contribution is 2.30. The van der Waals surface area contributed by atoms with Gasteiger partial charge >= 0.3 is 5.97 Å². The van der Waals surface area contributed by atoms with Crippen molar-refractivity contribution in [2.24, 2.45) is 4.99 Å². The van der Waals surface area contributed by atoms with Gasteiger partial charge in [0.25, 0.3) is 5.91 Å². The molecule has 0 aliphatic rings. The van der Waals surface area contributed by atoms with Crippen molar-refractivity contribution in [3.05, 3.63) is 82.1 Å². The molecule has 0 unspecified atom stereocenters. The Morgan fingerprint density at radius 2 is 1.78 bits per heavy atom. The Kier molecular flexibility index (Phi) is 9.26. The molecule has 8 nitrogen and oxygen atoms in total. The molecule has 0 saturated heterocycles. The molecule has 3 aromatic rings. The molecular weight excluding hydrogens is 545 g/mol. The first-order chi connectivity index (χ1) is 17.1. The van der Waals surface area contributed by atoms with Crippen molar-refractivity contribution < 1.29 is 22.7 Å². The average Bonchev–Trinajstić information content (AvgIpc) is 3.15. The van der Waals surface area contributed by atoms with Crippen molar-refractivity contribution in [1.29, 1.82) is 0 Å². The van der Waals surface area contributed by atoms with Crippen LogP contribution >= 0.6 is 34.5 Å². The number of nitrogens with zero attached hydrogens (tertiary/aromatic N) is 3. The van der Waals surface area contributed by atoms with Crippen LogP contribution in [0.4, 0.5) is 0 Å². The number of esters is 1. The van der Waals surface area contributed by atoms with E-state index in [-0.39, 0.29) is 41.5 Å². The van der Waals surface area contributed by atoms with Crippen molar-refractivity contribution >= 4 is 66.7 Å². The molecule has 3 rings (SSSR count). The molecule has 2 aromatic carbocycles. The molecule has 0 aliphatic heterocycles. The fourth-order valence-corrected chi connectivity index (χ4v) is 6.52. The van der Waals surface area contributed by atoms with Crippen molar-refractivity contribution in [3.8, 4) is 0 Å². The number of halogens is 2. The van der Waals surface area contributed by atoms with Gasteiger partial charge in [-0.25, -0.2) is 8.42 Å². The Morgan fingerprint density at radius 1 is 1.14 bits per heavy atom. The lowest BCUT2D eigenvalue weighted by molar-refractivity contribution is -0.143. The summed E-state index contributed by atoms with van der Waals surface area (Å²) in [4.78, 5) is 29.6. The molecule has 12 heteroatoms. The van der Waals surface area contributed by atoms with Gasteiger partial charge in [-0.15, -0.1) is 13.2 Å². The van der Waals surface area contributed by atoms with Crippen LogP contribution in [0.5, 0.6) is 0 Å². The molecule has 0 radical (unpaired) electrons. The van der Waals surface area contributed by atoms with Gasteiger partial charge in [0, 0.05) is 23.7 Å². The topological polar surface area (TPSA) is 98.0 Å². The number of rotatable bonds is 10. The molecule has 0 saturated carbocycles. The van der Waals surface area contributed by atoms with Gasteiger partial charge in [-0.1, -0.05) is 46.7 Å². The number of hydrogen-bond donors (Lipinski definition) is 0. The first kappa shape index (κ1) is 27.8. The summed E-state index contributed by atoms with van der Waals surface area (Å²) in [6.45, 7) is 9.07. The van der Waals surface area contributed by atoms with Gasteiger partial charge in [-0.3, -0.25) is 9.59 Å². The maximum absolute atomic E-state index is 13.0. The van der Waals surface area contributed by atoms with Gasteiger partial charge in [-0.05, 0) is 43.3 Å². The summed E-state index contributed by atoms with van der Waals surface area (Å²) in [5.74, 6) is -1.14. The second kappa shape index (κ2) is 12.0. The quantitative estimate of drug-likeness (QED) is 0.262. The number of hydrogen-bond acceptors (Lipinski definition) is 6. The number of amides is 1. The van der Waals surface area contributed by atoms with Crippen molar-refractivity contribution in [2.75, 3.05) is 19.7 Å². The van der Waals surface area contributed by atoms with E-state index in [1.54, 1.807) is 13.0 Å². The molecule has 0 bridgehead atoms. The highest BCUT2D eigenvalue weighted by Gasteiger charge is 2.23. The lowest BCUT2D eigenvalue weighted by Gasteiger charge is -2.19. The van der Waals surface area contributed by atoms with E-state index in [1.165, 1.54) is 51.4 Å². The number of carbonyl (C=O) groups excluding carboxylic acids is 2. The fourth-order valence-electron chi connectivity index (χ4n) is 3.33. The largest absolute Gasteiger partial charge is 0.465 e. The maximum Gasteiger partial charge on any atom is 0.326 e. The minimum atomic E-state index is -3.81. The summed E-state index contributed by atoms with van der Waals surface area (Å²) >= 11 is 13.6. The third-order valence-corrected chi connectivity index (χ3v) is 8.27. The van der Waals surface area contributed by atoms with Crippen LogP contribution in [0.25, 0.3) is 10.2 Å². The zero-order valence-electron chi connectivity index (χ0n) is 19.3. The molecule has 36 heavy (non-hydrogen) atoms. The first-order valence-electron chi connectivity index (χ1n) is 10.7. The molecule has 0 atom stereocenters. The highest BCUT2D eigenvalue weighted by atomic mass is 35.5. The van der Waals surface area contributed by atoms with E-state index in [2.05, 4.69) is 18.2 Å². The Labute approximate surface area is 222 Å². The summed E-state index contributed by atoms with van der Waals surface area (Å²) in [5.41, 5.74) is 0.661. The molecule has 0 spiro atoms. The number of sulfonamides is 1. The van der Waals surface area contributed by atoms with Gasteiger partial charge in [0.1, 0.15) is 6.54 Å². The summed E-state index contributed by atoms with van der Waals surface area (Å²) in [7, 11) is -3.81. The van der Waals surface area contributed by atoms with Crippen LogP contribution in [0.15, 0.2) is 71.6 Å². The second-order valence-electron chi connectivity index (χ2n) is 7.35. The van der Waals surface area contributed by atoms with E-state index in [1.807, 2.05) is 0 Å². The lowest BCUT2D eigenvalue weighted by Crippen LogP contribution is -2.31. The van der Waals surface area contributed by atoms with Gasteiger partial charge in [0.05, 0.1) is 26.7 Å². The van der Waals surface area contributed by atoms with E-state index < -0.39 is 21.9 Å². The number of benzene rings is 2. The number of aromatic nitrogens is 1. The smallest absolute Gasteiger partial charge is 0.326 e. The molecule has 0 fully saturated rings. The van der Waals surface area contributed by atoms with Crippen LogP contribution in [0.3, 0.4) is 0 Å². The van der Waals surface area contributed by atoms with Crippen LogP contribution < -0.4 is 4.80 Å². The standard InChI is InChI=1S/C24H23Cl2N3O5S2/c1-4-11-28(12-5-2)36(32,33)18-9-7-16(8-10-18)23(31)27-24-29(15-21(30)34-6-3)22-19(26)13-17(25)14-20(22)35-24/h4-5,7-10,13-14H,1-2,6,11-12,15H2,3H3. The minimum absolute atomic E-state index is 0.0170. The van der Waals surface area contributed by atoms with Crippen LogP contribution in [-0.2, 0) is 26.1 Å². The van der Waals surface area contributed by atoms with Crippen LogP contribution in [0.2, 0.25) is 10.0 Å². The molecule has 1 aromatic heterocycles. The van der Waals surface area contributed by atoms with Crippen LogP contribution in [-0.4, -0.2) is 48.9 Å². The summed E-state index contributed by atoms with van der Waals surface area (Å²) in [6, 6.07) is 8.64. The van der Waals surface area contributed by atoms with E-state index in [0.717, 1.165) is 11.3 Å². The van der Waals surface area contributed by atoms with Crippen molar-refractivity contribution in [1.82, 2.24) is 8.87 Å². The summed E-state index contributed by atoms with van der Waals surface area (Å²) < 4.78 is 34.2. The molecule has 0 N–H and O–H groups in total. The molecule has 190 valence electrons. The third kappa shape index (κ3) is 6.13. The number of carbonyl (C=O) groups is 2.